The van der Waals surface area contributed by atoms with Gasteiger partial charge in [-0.1, -0.05) is 0 Å². The van der Waals surface area contributed by atoms with Crippen LogP contribution in [0.4, 0.5) is 0 Å². The number of pyridine rings is 1. The highest BCUT2D eigenvalue weighted by Gasteiger charge is 2.26. The van der Waals surface area contributed by atoms with Crippen molar-refractivity contribution in [1.82, 2.24) is 22.9 Å². The highest BCUT2D eigenvalue weighted by molar-refractivity contribution is 7.88. The molecule has 8 nitrogen and oxygen atoms in total. The molecular formula is C11H13N5O3S2. The molecule has 0 aliphatic carbocycles. The fourth-order valence-electron chi connectivity index (χ4n) is 2.21. The predicted molar refractivity (Wildman–Crippen MR) is 77.5 cm³/mol. The van der Waals surface area contributed by atoms with Crippen molar-refractivity contribution in [1.29, 1.82) is 0 Å². The molecule has 0 aromatic carbocycles. The van der Waals surface area contributed by atoms with Crippen molar-refractivity contribution in [3.05, 3.63) is 17.8 Å². The molecule has 0 spiro atoms. The lowest BCUT2D eigenvalue weighted by Crippen LogP contribution is -2.50. The fourth-order valence-corrected chi connectivity index (χ4v) is 3.52. The van der Waals surface area contributed by atoms with E-state index in [1.54, 1.807) is 11.0 Å². The van der Waals surface area contributed by atoms with Crippen molar-refractivity contribution in [3.8, 4) is 0 Å². The molecule has 0 radical (unpaired) electrons. The zero-order valence-electron chi connectivity index (χ0n) is 11.3. The molecule has 0 unspecified atom stereocenters. The van der Waals surface area contributed by atoms with Crippen LogP contribution < -0.4 is 0 Å². The molecule has 3 heterocycles. The molecular weight excluding hydrogens is 314 g/mol. The van der Waals surface area contributed by atoms with Crippen LogP contribution in [0.5, 0.6) is 0 Å². The van der Waals surface area contributed by atoms with Gasteiger partial charge in [0.25, 0.3) is 5.91 Å². The average molecular weight is 327 g/mol. The number of fused-ring (bicyclic) bond motifs is 1. The number of sulfonamides is 1. The lowest BCUT2D eigenvalue weighted by atomic mass is 10.2. The number of aromatic nitrogens is 3. The third-order valence-corrected chi connectivity index (χ3v) is 5.19. The number of piperazine rings is 1. The highest BCUT2D eigenvalue weighted by Crippen LogP contribution is 2.14. The maximum atomic E-state index is 12.4. The second-order valence-electron chi connectivity index (χ2n) is 4.79. The lowest BCUT2D eigenvalue weighted by Gasteiger charge is -2.33. The maximum Gasteiger partial charge on any atom is 0.255 e. The molecule has 1 aliphatic heterocycles. The summed E-state index contributed by atoms with van der Waals surface area (Å²) in [6.07, 6.45) is 2.66. The standard InChI is InChI=1S/C11H13N5O3S2/c1-21(18,19)16-4-2-15(3-5-16)11(17)8-6-9-10(12-7-8)14-20-13-9/h6-7H,2-5H2,1H3. The molecule has 1 amide bonds. The van der Waals surface area contributed by atoms with Crippen LogP contribution in [0.2, 0.25) is 0 Å². The van der Waals surface area contributed by atoms with Gasteiger partial charge in [0, 0.05) is 32.4 Å². The normalized spacial score (nSPS) is 17.3. The Morgan fingerprint density at radius 3 is 2.62 bits per heavy atom. The van der Waals surface area contributed by atoms with E-state index in [0.29, 0.717) is 42.9 Å². The summed E-state index contributed by atoms with van der Waals surface area (Å²) >= 11 is 1.05. The van der Waals surface area contributed by atoms with E-state index < -0.39 is 10.0 Å². The van der Waals surface area contributed by atoms with Gasteiger partial charge in [0.1, 0.15) is 5.52 Å². The molecule has 10 heteroatoms. The fraction of sp³-hybridized carbons (Fsp3) is 0.455. The third kappa shape index (κ3) is 2.87. The van der Waals surface area contributed by atoms with E-state index in [1.165, 1.54) is 16.8 Å². The Morgan fingerprint density at radius 2 is 1.95 bits per heavy atom. The van der Waals surface area contributed by atoms with Gasteiger partial charge in [-0.05, 0) is 6.07 Å². The van der Waals surface area contributed by atoms with Crippen LogP contribution in [-0.4, -0.2) is 69.7 Å². The smallest absolute Gasteiger partial charge is 0.255 e. The van der Waals surface area contributed by atoms with E-state index in [4.69, 9.17) is 0 Å². The first kappa shape index (κ1) is 14.3. The summed E-state index contributed by atoms with van der Waals surface area (Å²) < 4.78 is 32.3. The largest absolute Gasteiger partial charge is 0.336 e. The van der Waals surface area contributed by atoms with Crippen LogP contribution in [0.15, 0.2) is 12.3 Å². The summed E-state index contributed by atoms with van der Waals surface area (Å²) in [5, 5.41) is 0. The Hall–Kier alpha value is -1.65. The van der Waals surface area contributed by atoms with Crippen molar-refractivity contribution in [2.45, 2.75) is 0 Å². The van der Waals surface area contributed by atoms with Gasteiger partial charge in [-0.25, -0.2) is 13.4 Å². The molecule has 1 fully saturated rings. The van der Waals surface area contributed by atoms with Crippen LogP contribution in [0.3, 0.4) is 0 Å². The first-order chi connectivity index (χ1) is 9.95. The number of rotatable bonds is 2. The van der Waals surface area contributed by atoms with Gasteiger partial charge in [-0.15, -0.1) is 0 Å². The summed E-state index contributed by atoms with van der Waals surface area (Å²) in [6.45, 7) is 1.38. The molecule has 2 aromatic heterocycles. The number of carbonyl (C=O) groups excluding carboxylic acids is 1. The van der Waals surface area contributed by atoms with E-state index in [1.807, 2.05) is 0 Å². The van der Waals surface area contributed by atoms with Crippen molar-refractivity contribution >= 4 is 38.8 Å². The maximum absolute atomic E-state index is 12.4. The summed E-state index contributed by atoms with van der Waals surface area (Å²) in [7, 11) is -3.19. The molecule has 0 saturated carbocycles. The second-order valence-corrected chi connectivity index (χ2v) is 7.30. The molecule has 0 atom stereocenters. The molecule has 21 heavy (non-hydrogen) atoms. The van der Waals surface area contributed by atoms with Crippen LogP contribution in [0.1, 0.15) is 10.4 Å². The minimum absolute atomic E-state index is 0.162. The van der Waals surface area contributed by atoms with Gasteiger partial charge in [-0.2, -0.15) is 13.1 Å². The van der Waals surface area contributed by atoms with Crippen LogP contribution in [-0.2, 0) is 10.0 Å². The second kappa shape index (κ2) is 5.28. The molecule has 0 bridgehead atoms. The highest BCUT2D eigenvalue weighted by atomic mass is 32.2. The lowest BCUT2D eigenvalue weighted by molar-refractivity contribution is 0.0698. The molecule has 1 saturated heterocycles. The van der Waals surface area contributed by atoms with Crippen molar-refractivity contribution < 1.29 is 13.2 Å². The zero-order valence-corrected chi connectivity index (χ0v) is 12.9. The van der Waals surface area contributed by atoms with Crippen molar-refractivity contribution in [2.75, 3.05) is 32.4 Å². The zero-order chi connectivity index (χ0) is 15.0. The van der Waals surface area contributed by atoms with E-state index in [-0.39, 0.29) is 5.91 Å². The van der Waals surface area contributed by atoms with Crippen LogP contribution >= 0.6 is 11.7 Å². The van der Waals surface area contributed by atoms with E-state index in [2.05, 4.69) is 13.7 Å². The molecule has 0 N–H and O–H groups in total. The summed E-state index contributed by atoms with van der Waals surface area (Å²) in [6, 6.07) is 1.66. The van der Waals surface area contributed by atoms with Gasteiger partial charge in [0.15, 0.2) is 5.65 Å². The monoisotopic (exact) mass is 327 g/mol. The van der Waals surface area contributed by atoms with E-state index in [0.717, 1.165) is 11.7 Å². The van der Waals surface area contributed by atoms with Gasteiger partial charge in [-0.3, -0.25) is 4.79 Å². The minimum atomic E-state index is -3.19. The quantitative estimate of drug-likeness (QED) is 0.758. The Morgan fingerprint density at radius 1 is 1.24 bits per heavy atom. The first-order valence-electron chi connectivity index (χ1n) is 6.28. The van der Waals surface area contributed by atoms with Gasteiger partial charge in [0.05, 0.1) is 23.5 Å². The van der Waals surface area contributed by atoms with Gasteiger partial charge >= 0.3 is 0 Å². The number of amides is 1. The number of nitrogens with zero attached hydrogens (tertiary/aromatic N) is 5. The SMILES string of the molecule is CS(=O)(=O)N1CCN(C(=O)c2cnc3nsnc3c2)CC1. The van der Waals surface area contributed by atoms with Gasteiger partial charge in [0.2, 0.25) is 10.0 Å². The van der Waals surface area contributed by atoms with Crippen LogP contribution in [0.25, 0.3) is 11.2 Å². The molecule has 1 aliphatic rings. The van der Waals surface area contributed by atoms with E-state index in [9.17, 15) is 13.2 Å². The topological polar surface area (TPSA) is 96.4 Å². The van der Waals surface area contributed by atoms with Crippen LogP contribution in [0, 0.1) is 0 Å². The summed E-state index contributed by atoms with van der Waals surface area (Å²) in [5.74, 6) is -0.162. The summed E-state index contributed by atoms with van der Waals surface area (Å²) in [5.41, 5.74) is 1.57. The predicted octanol–water partition coefficient (Wildman–Crippen LogP) is -0.196. The number of carbonyl (C=O) groups is 1. The van der Waals surface area contributed by atoms with Crippen molar-refractivity contribution in [2.24, 2.45) is 0 Å². The molecule has 2 aromatic rings. The average Bonchev–Trinajstić information content (AvgIpc) is 2.93. The molecule has 112 valence electrons. The Balaban J connectivity index is 1.74. The Bertz CT molecular complexity index is 780. The first-order valence-corrected chi connectivity index (χ1v) is 8.86. The summed E-state index contributed by atoms with van der Waals surface area (Å²) in [4.78, 5) is 18.1. The third-order valence-electron chi connectivity index (χ3n) is 3.36. The van der Waals surface area contributed by atoms with Crippen molar-refractivity contribution in [3.63, 3.8) is 0 Å². The molecule has 3 rings (SSSR count). The Labute approximate surface area is 125 Å². The Kier molecular flexibility index (Phi) is 3.59. The van der Waals surface area contributed by atoms with E-state index >= 15 is 0 Å². The number of hydrogen-bond donors (Lipinski definition) is 0. The van der Waals surface area contributed by atoms with Gasteiger partial charge < -0.3 is 4.90 Å². The number of hydrogen-bond acceptors (Lipinski definition) is 7. The minimum Gasteiger partial charge on any atom is -0.336 e.